The van der Waals surface area contributed by atoms with Crippen LogP contribution < -0.4 is 5.32 Å². The summed E-state index contributed by atoms with van der Waals surface area (Å²) < 4.78 is 12.2. The monoisotopic (exact) mass is 338 g/mol. The van der Waals surface area contributed by atoms with Gasteiger partial charge >= 0.3 is 0 Å². The molecule has 2 heterocycles. The number of amides is 1. The fourth-order valence-electron chi connectivity index (χ4n) is 2.05. The number of carbonyl (C=O) groups is 1. The molecular formula is C15H22N4O3S. The molecule has 0 aliphatic rings. The summed E-state index contributed by atoms with van der Waals surface area (Å²) >= 11 is 1.57. The molecule has 23 heavy (non-hydrogen) atoms. The molecule has 1 amide bonds. The number of aromatic nitrogens is 3. The van der Waals surface area contributed by atoms with Gasteiger partial charge in [0, 0.05) is 37.6 Å². The molecule has 0 saturated heterocycles. The quantitative estimate of drug-likeness (QED) is 0.745. The van der Waals surface area contributed by atoms with Crippen LogP contribution in [0, 0.1) is 20.8 Å². The smallest absolute Gasteiger partial charge is 0.226 e. The molecule has 0 bridgehead atoms. The largest absolute Gasteiger partial charge is 0.383 e. The molecule has 0 spiro atoms. The van der Waals surface area contributed by atoms with Gasteiger partial charge in [-0.05, 0) is 20.8 Å². The number of nitrogens with one attached hydrogen (secondary N) is 1. The second-order valence-corrected chi connectivity index (χ2v) is 6.24. The maximum absolute atomic E-state index is 11.9. The number of carbonyl (C=O) groups excluding carboxylic acids is 1. The van der Waals surface area contributed by atoms with Crippen molar-refractivity contribution >= 4 is 23.5 Å². The molecule has 0 saturated carbocycles. The normalized spacial score (nSPS) is 11.0. The molecule has 2 aromatic rings. The van der Waals surface area contributed by atoms with E-state index in [1.54, 1.807) is 31.9 Å². The Morgan fingerprint density at radius 1 is 1.43 bits per heavy atom. The van der Waals surface area contributed by atoms with Crippen molar-refractivity contribution in [2.75, 3.05) is 24.8 Å². The third-order valence-corrected chi connectivity index (χ3v) is 4.38. The number of methoxy groups -OCH3 is 1. The maximum atomic E-state index is 11.9. The van der Waals surface area contributed by atoms with E-state index in [1.807, 2.05) is 13.8 Å². The Bertz CT molecular complexity index is 666. The Kier molecular flexibility index (Phi) is 6.23. The SMILES string of the molecule is COCCn1c(SCCC(=O)Nc2cc(C)on2)nc(C)c1C. The van der Waals surface area contributed by atoms with E-state index in [9.17, 15) is 4.79 Å². The van der Waals surface area contributed by atoms with E-state index in [-0.39, 0.29) is 5.91 Å². The summed E-state index contributed by atoms with van der Waals surface area (Å²) in [5.41, 5.74) is 2.14. The number of hydrogen-bond donors (Lipinski definition) is 1. The minimum atomic E-state index is -0.0887. The van der Waals surface area contributed by atoms with Crippen molar-refractivity contribution in [2.45, 2.75) is 38.9 Å². The number of hydrogen-bond acceptors (Lipinski definition) is 6. The zero-order valence-corrected chi connectivity index (χ0v) is 14.7. The third-order valence-electron chi connectivity index (χ3n) is 3.40. The van der Waals surface area contributed by atoms with E-state index in [1.165, 1.54) is 0 Å². The van der Waals surface area contributed by atoms with Gasteiger partial charge in [0.15, 0.2) is 11.0 Å². The van der Waals surface area contributed by atoms with Crippen LogP contribution in [0.3, 0.4) is 0 Å². The average molecular weight is 338 g/mol. The highest BCUT2D eigenvalue weighted by Gasteiger charge is 2.12. The molecular weight excluding hydrogens is 316 g/mol. The summed E-state index contributed by atoms with van der Waals surface area (Å²) in [6, 6.07) is 1.69. The molecule has 0 fully saturated rings. The van der Waals surface area contributed by atoms with Gasteiger partial charge in [0.1, 0.15) is 5.76 Å². The van der Waals surface area contributed by atoms with Gasteiger partial charge < -0.3 is 19.1 Å². The second-order valence-electron chi connectivity index (χ2n) is 5.18. The lowest BCUT2D eigenvalue weighted by molar-refractivity contribution is -0.115. The van der Waals surface area contributed by atoms with Crippen LogP contribution in [0.5, 0.6) is 0 Å². The third kappa shape index (κ3) is 4.84. The van der Waals surface area contributed by atoms with Crippen LogP contribution >= 0.6 is 11.8 Å². The van der Waals surface area contributed by atoms with Gasteiger partial charge in [0.25, 0.3) is 0 Å². The Hall–Kier alpha value is -1.80. The highest BCUT2D eigenvalue weighted by molar-refractivity contribution is 7.99. The van der Waals surface area contributed by atoms with Crippen molar-refractivity contribution in [3.63, 3.8) is 0 Å². The van der Waals surface area contributed by atoms with E-state index in [4.69, 9.17) is 9.26 Å². The van der Waals surface area contributed by atoms with Gasteiger partial charge in [-0.25, -0.2) is 4.98 Å². The van der Waals surface area contributed by atoms with Crippen molar-refractivity contribution in [1.82, 2.24) is 14.7 Å². The van der Waals surface area contributed by atoms with Gasteiger partial charge in [-0.3, -0.25) is 4.79 Å². The van der Waals surface area contributed by atoms with Gasteiger partial charge in [-0.2, -0.15) is 0 Å². The van der Waals surface area contributed by atoms with Crippen molar-refractivity contribution in [3.05, 3.63) is 23.2 Å². The number of nitrogens with zero attached hydrogens (tertiary/aromatic N) is 3. The Balaban J connectivity index is 1.85. The molecule has 0 aliphatic heterocycles. The van der Waals surface area contributed by atoms with Crippen molar-refractivity contribution in [1.29, 1.82) is 0 Å². The summed E-state index contributed by atoms with van der Waals surface area (Å²) in [7, 11) is 1.68. The zero-order chi connectivity index (χ0) is 16.8. The van der Waals surface area contributed by atoms with E-state index < -0.39 is 0 Å². The number of thioether (sulfide) groups is 1. The molecule has 1 N–H and O–H groups in total. The predicted molar refractivity (Wildman–Crippen MR) is 88.8 cm³/mol. The van der Waals surface area contributed by atoms with Gasteiger partial charge in [-0.15, -0.1) is 0 Å². The number of anilines is 1. The summed E-state index contributed by atoms with van der Waals surface area (Å²) in [5.74, 6) is 1.67. The van der Waals surface area contributed by atoms with Crippen LogP contribution in [0.2, 0.25) is 0 Å². The minimum Gasteiger partial charge on any atom is -0.383 e. The molecule has 0 aromatic carbocycles. The number of ether oxygens (including phenoxy) is 1. The zero-order valence-electron chi connectivity index (χ0n) is 13.9. The second kappa shape index (κ2) is 8.16. The number of rotatable bonds is 8. The Labute approximate surface area is 139 Å². The first kappa shape index (κ1) is 17.6. The van der Waals surface area contributed by atoms with Crippen molar-refractivity contribution in [3.8, 4) is 0 Å². The molecule has 2 aromatic heterocycles. The lowest BCUT2D eigenvalue weighted by Crippen LogP contribution is -2.13. The van der Waals surface area contributed by atoms with Crippen LogP contribution in [-0.2, 0) is 16.1 Å². The standard InChI is InChI=1S/C15H22N4O3S/c1-10-9-13(18-22-10)17-14(20)5-8-23-15-16-11(2)12(3)19(15)6-7-21-4/h9H,5-8H2,1-4H3,(H,17,18,20). The topological polar surface area (TPSA) is 82.2 Å². The molecule has 0 radical (unpaired) electrons. The molecule has 2 rings (SSSR count). The van der Waals surface area contributed by atoms with Crippen LogP contribution in [0.25, 0.3) is 0 Å². The van der Waals surface area contributed by atoms with Crippen LogP contribution in [0.1, 0.15) is 23.6 Å². The first-order valence-corrected chi connectivity index (χ1v) is 8.38. The van der Waals surface area contributed by atoms with E-state index in [0.29, 0.717) is 30.4 Å². The molecule has 7 nitrogen and oxygen atoms in total. The summed E-state index contributed by atoms with van der Waals surface area (Å²) in [6.07, 6.45) is 0.381. The van der Waals surface area contributed by atoms with E-state index in [0.717, 1.165) is 23.1 Å². The first-order valence-electron chi connectivity index (χ1n) is 7.40. The summed E-state index contributed by atoms with van der Waals surface area (Å²) in [4.78, 5) is 16.4. The maximum Gasteiger partial charge on any atom is 0.226 e. The minimum absolute atomic E-state index is 0.0887. The molecule has 8 heteroatoms. The highest BCUT2D eigenvalue weighted by atomic mass is 32.2. The number of imidazole rings is 1. The first-order chi connectivity index (χ1) is 11.0. The van der Waals surface area contributed by atoms with E-state index >= 15 is 0 Å². The van der Waals surface area contributed by atoms with E-state index in [2.05, 4.69) is 20.0 Å². The fourth-order valence-corrected chi connectivity index (χ4v) is 3.10. The molecule has 0 aliphatic carbocycles. The highest BCUT2D eigenvalue weighted by Crippen LogP contribution is 2.22. The summed E-state index contributed by atoms with van der Waals surface area (Å²) in [6.45, 7) is 7.21. The van der Waals surface area contributed by atoms with Gasteiger partial charge in [0.05, 0.1) is 12.3 Å². The van der Waals surface area contributed by atoms with Crippen molar-refractivity contribution in [2.24, 2.45) is 0 Å². The summed E-state index contributed by atoms with van der Waals surface area (Å²) in [5, 5.41) is 7.37. The van der Waals surface area contributed by atoms with Crippen LogP contribution in [0.15, 0.2) is 15.7 Å². The van der Waals surface area contributed by atoms with Gasteiger partial charge in [0.2, 0.25) is 5.91 Å². The molecule has 0 atom stereocenters. The Morgan fingerprint density at radius 3 is 2.87 bits per heavy atom. The molecule has 126 valence electrons. The predicted octanol–water partition coefficient (Wildman–Crippen LogP) is 2.56. The van der Waals surface area contributed by atoms with Crippen LogP contribution in [0.4, 0.5) is 5.82 Å². The molecule has 0 unspecified atom stereocenters. The Morgan fingerprint density at radius 2 is 2.22 bits per heavy atom. The fraction of sp³-hybridized carbons (Fsp3) is 0.533. The van der Waals surface area contributed by atoms with Crippen LogP contribution in [-0.4, -0.2) is 40.1 Å². The average Bonchev–Trinajstić information content (AvgIpc) is 3.02. The number of aryl methyl sites for hydroxylation is 2. The lowest BCUT2D eigenvalue weighted by atomic mass is 10.4. The van der Waals surface area contributed by atoms with Gasteiger partial charge in [-0.1, -0.05) is 16.9 Å². The van der Waals surface area contributed by atoms with Crippen molar-refractivity contribution < 1.29 is 14.1 Å². The lowest BCUT2D eigenvalue weighted by Gasteiger charge is -2.09.